The SMILES string of the molecule is CCC(C)NC(=O)C(CC)N(Cc1ccccc1C)C(=O)CN(c1cc(C)ccc1OC)S(=O)(=O)c1ccccc1. The zero-order valence-corrected chi connectivity index (χ0v) is 25.6. The van der Waals surface area contributed by atoms with Gasteiger partial charge in [-0.15, -0.1) is 0 Å². The molecule has 8 nitrogen and oxygen atoms in total. The smallest absolute Gasteiger partial charge is 0.264 e. The maximum Gasteiger partial charge on any atom is 0.264 e. The average molecular weight is 580 g/mol. The lowest BCUT2D eigenvalue weighted by Crippen LogP contribution is -2.53. The van der Waals surface area contributed by atoms with Gasteiger partial charge in [-0.25, -0.2) is 8.42 Å². The zero-order valence-electron chi connectivity index (χ0n) is 24.8. The highest BCUT2D eigenvalue weighted by molar-refractivity contribution is 7.92. The Bertz CT molecular complexity index is 1440. The third-order valence-corrected chi connectivity index (χ3v) is 8.98. The van der Waals surface area contributed by atoms with Crippen molar-refractivity contribution in [3.63, 3.8) is 0 Å². The molecule has 41 heavy (non-hydrogen) atoms. The van der Waals surface area contributed by atoms with Crippen LogP contribution in [0.15, 0.2) is 77.7 Å². The molecule has 0 saturated carbocycles. The molecule has 2 unspecified atom stereocenters. The molecule has 3 rings (SSSR count). The molecule has 0 aliphatic rings. The third-order valence-electron chi connectivity index (χ3n) is 7.20. The zero-order chi connectivity index (χ0) is 30.2. The number of anilines is 1. The van der Waals surface area contributed by atoms with Crippen LogP contribution in [-0.2, 0) is 26.2 Å². The molecular weight excluding hydrogens is 538 g/mol. The Morgan fingerprint density at radius 1 is 0.927 bits per heavy atom. The fourth-order valence-corrected chi connectivity index (χ4v) is 6.00. The quantitative estimate of drug-likeness (QED) is 0.299. The summed E-state index contributed by atoms with van der Waals surface area (Å²) in [6.45, 7) is 9.16. The van der Waals surface area contributed by atoms with E-state index in [0.717, 1.165) is 27.4 Å². The van der Waals surface area contributed by atoms with Crippen molar-refractivity contribution < 1.29 is 22.7 Å². The summed E-state index contributed by atoms with van der Waals surface area (Å²) >= 11 is 0. The second-order valence-corrected chi connectivity index (χ2v) is 12.1. The highest BCUT2D eigenvalue weighted by Crippen LogP contribution is 2.34. The molecule has 9 heteroatoms. The van der Waals surface area contributed by atoms with Crippen molar-refractivity contribution in [3.05, 3.63) is 89.5 Å². The lowest BCUT2D eigenvalue weighted by atomic mass is 10.1. The van der Waals surface area contributed by atoms with Crippen LogP contribution in [0.25, 0.3) is 0 Å². The van der Waals surface area contributed by atoms with E-state index in [1.807, 2.05) is 65.0 Å². The summed E-state index contributed by atoms with van der Waals surface area (Å²) in [4.78, 5) is 29.2. The minimum atomic E-state index is -4.18. The Morgan fingerprint density at radius 3 is 2.20 bits per heavy atom. The van der Waals surface area contributed by atoms with Crippen LogP contribution in [0.4, 0.5) is 5.69 Å². The molecule has 0 aromatic heterocycles. The summed E-state index contributed by atoms with van der Waals surface area (Å²) in [7, 11) is -2.72. The number of carbonyl (C=O) groups is 2. The molecule has 3 aromatic rings. The van der Waals surface area contributed by atoms with Gasteiger partial charge in [0.05, 0.1) is 17.7 Å². The van der Waals surface area contributed by atoms with E-state index in [2.05, 4.69) is 5.32 Å². The maximum atomic E-state index is 14.3. The first-order valence-electron chi connectivity index (χ1n) is 13.9. The molecule has 0 aliphatic carbocycles. The Labute approximate surface area is 244 Å². The number of benzene rings is 3. The number of hydrogen-bond donors (Lipinski definition) is 1. The molecule has 0 fully saturated rings. The topological polar surface area (TPSA) is 96.0 Å². The molecule has 220 valence electrons. The lowest BCUT2D eigenvalue weighted by molar-refractivity contribution is -0.140. The van der Waals surface area contributed by atoms with Gasteiger partial charge in [-0.2, -0.15) is 0 Å². The van der Waals surface area contributed by atoms with Gasteiger partial charge in [0.2, 0.25) is 11.8 Å². The summed E-state index contributed by atoms with van der Waals surface area (Å²) in [6, 6.07) is 20.0. The van der Waals surface area contributed by atoms with Gasteiger partial charge < -0.3 is 15.0 Å². The molecule has 0 heterocycles. The summed E-state index contributed by atoms with van der Waals surface area (Å²) < 4.78 is 34.7. The number of nitrogens with zero attached hydrogens (tertiary/aromatic N) is 2. The number of nitrogens with one attached hydrogen (secondary N) is 1. The number of ether oxygens (including phenoxy) is 1. The highest BCUT2D eigenvalue weighted by Gasteiger charge is 2.35. The summed E-state index contributed by atoms with van der Waals surface area (Å²) in [5.41, 5.74) is 2.90. The largest absolute Gasteiger partial charge is 0.495 e. The summed E-state index contributed by atoms with van der Waals surface area (Å²) in [6.07, 6.45) is 1.10. The molecule has 1 N–H and O–H groups in total. The van der Waals surface area contributed by atoms with Gasteiger partial charge in [-0.05, 0) is 74.6 Å². The molecule has 0 bridgehead atoms. The van der Waals surface area contributed by atoms with Gasteiger partial charge in [0.1, 0.15) is 18.3 Å². The molecule has 3 aromatic carbocycles. The van der Waals surface area contributed by atoms with E-state index in [9.17, 15) is 18.0 Å². The molecule has 2 amide bonds. The van der Waals surface area contributed by atoms with Crippen LogP contribution >= 0.6 is 0 Å². The highest BCUT2D eigenvalue weighted by atomic mass is 32.2. The molecule has 0 spiro atoms. The van der Waals surface area contributed by atoms with Crippen LogP contribution in [0.1, 0.15) is 50.3 Å². The lowest BCUT2D eigenvalue weighted by Gasteiger charge is -2.34. The summed E-state index contributed by atoms with van der Waals surface area (Å²) in [5, 5.41) is 3.00. The maximum absolute atomic E-state index is 14.3. The van der Waals surface area contributed by atoms with Crippen LogP contribution in [0, 0.1) is 13.8 Å². The van der Waals surface area contributed by atoms with Crippen LogP contribution in [-0.4, -0.2) is 50.9 Å². The van der Waals surface area contributed by atoms with Gasteiger partial charge in [0.25, 0.3) is 10.0 Å². The predicted octanol–water partition coefficient (Wildman–Crippen LogP) is 5.23. The Balaban J connectivity index is 2.13. The fraction of sp³-hybridized carbons (Fsp3) is 0.375. The number of sulfonamides is 1. The number of rotatable bonds is 13. The van der Waals surface area contributed by atoms with Crippen molar-refractivity contribution in [1.82, 2.24) is 10.2 Å². The second-order valence-electron chi connectivity index (χ2n) is 10.2. The van der Waals surface area contributed by atoms with Gasteiger partial charge in [-0.1, -0.05) is 62.4 Å². The van der Waals surface area contributed by atoms with E-state index in [1.165, 1.54) is 24.1 Å². The first-order valence-corrected chi connectivity index (χ1v) is 15.3. The van der Waals surface area contributed by atoms with Gasteiger partial charge in [0, 0.05) is 12.6 Å². The minimum Gasteiger partial charge on any atom is -0.495 e. The van der Waals surface area contributed by atoms with E-state index >= 15 is 0 Å². The molecule has 0 radical (unpaired) electrons. The third kappa shape index (κ3) is 7.67. The van der Waals surface area contributed by atoms with Crippen LogP contribution in [0.2, 0.25) is 0 Å². The summed E-state index contributed by atoms with van der Waals surface area (Å²) in [5.74, 6) is -0.452. The fourth-order valence-electron chi connectivity index (χ4n) is 4.56. The van der Waals surface area contributed by atoms with Crippen LogP contribution in [0.3, 0.4) is 0 Å². The number of amides is 2. The van der Waals surface area contributed by atoms with E-state index in [0.29, 0.717) is 12.2 Å². The number of methoxy groups -OCH3 is 1. The van der Waals surface area contributed by atoms with E-state index in [4.69, 9.17) is 4.74 Å². The standard InChI is InChI=1S/C32H41N3O5S/c1-7-25(5)33-32(37)28(8-2)34(21-26-15-13-12-14-24(26)4)31(36)22-35(29-20-23(3)18-19-30(29)40-6)41(38,39)27-16-10-9-11-17-27/h9-20,25,28H,7-8,21-22H2,1-6H3,(H,33,37). The van der Waals surface area contributed by atoms with Crippen molar-refractivity contribution >= 4 is 27.5 Å². The van der Waals surface area contributed by atoms with Crippen molar-refractivity contribution in [2.45, 2.75) is 71.0 Å². The van der Waals surface area contributed by atoms with E-state index < -0.39 is 28.5 Å². The molecular formula is C32H41N3O5S. The first-order chi connectivity index (χ1) is 19.5. The van der Waals surface area contributed by atoms with Crippen molar-refractivity contribution in [2.24, 2.45) is 0 Å². The van der Waals surface area contributed by atoms with Gasteiger partial charge in [-0.3, -0.25) is 13.9 Å². The Morgan fingerprint density at radius 2 is 1.59 bits per heavy atom. The average Bonchev–Trinajstić information content (AvgIpc) is 2.96. The molecule has 0 saturated heterocycles. The predicted molar refractivity (Wildman–Crippen MR) is 162 cm³/mol. The van der Waals surface area contributed by atoms with Crippen LogP contribution < -0.4 is 14.4 Å². The second kappa shape index (κ2) is 14.2. The Hall–Kier alpha value is -3.85. The van der Waals surface area contributed by atoms with Crippen molar-refractivity contribution in [3.8, 4) is 5.75 Å². The van der Waals surface area contributed by atoms with Crippen LogP contribution in [0.5, 0.6) is 5.75 Å². The monoisotopic (exact) mass is 579 g/mol. The van der Waals surface area contributed by atoms with Crippen molar-refractivity contribution in [1.29, 1.82) is 0 Å². The Kier molecular flexibility index (Phi) is 10.9. The number of hydrogen-bond acceptors (Lipinski definition) is 5. The van der Waals surface area contributed by atoms with Crippen molar-refractivity contribution in [2.75, 3.05) is 18.0 Å². The van der Waals surface area contributed by atoms with E-state index in [-0.39, 0.29) is 29.1 Å². The number of aryl methyl sites for hydroxylation is 2. The first kappa shape index (κ1) is 31.7. The van der Waals surface area contributed by atoms with Gasteiger partial charge >= 0.3 is 0 Å². The molecule has 0 aliphatic heterocycles. The van der Waals surface area contributed by atoms with E-state index in [1.54, 1.807) is 30.3 Å². The minimum absolute atomic E-state index is 0.0448. The number of carbonyl (C=O) groups excluding carboxylic acids is 2. The van der Waals surface area contributed by atoms with Gasteiger partial charge in [0.15, 0.2) is 0 Å². The normalized spacial score (nSPS) is 12.7. The molecule has 2 atom stereocenters.